The van der Waals surface area contributed by atoms with Gasteiger partial charge in [0.15, 0.2) is 0 Å². The van der Waals surface area contributed by atoms with E-state index in [1.807, 2.05) is 47.5 Å². The Kier molecular flexibility index (Phi) is 7.64. The van der Waals surface area contributed by atoms with Gasteiger partial charge in [0.2, 0.25) is 0 Å². The van der Waals surface area contributed by atoms with Gasteiger partial charge in [-0.15, -0.1) is 0 Å². The van der Waals surface area contributed by atoms with E-state index >= 15 is 0 Å². The molecule has 0 saturated heterocycles. The lowest BCUT2D eigenvalue weighted by molar-refractivity contribution is 0.0715. The largest absolute Gasteiger partial charge is 0.497 e. The van der Waals surface area contributed by atoms with E-state index in [2.05, 4.69) is 18.4 Å². The Morgan fingerprint density at radius 1 is 1.06 bits per heavy atom. The number of aromatic nitrogens is 1. The van der Waals surface area contributed by atoms with Crippen LogP contribution in [0.1, 0.15) is 35.5 Å². The average Bonchev–Trinajstić information content (AvgIpc) is 3.20. The summed E-state index contributed by atoms with van der Waals surface area (Å²) < 4.78 is 12.9. The molecule has 0 atom stereocenters. The smallest absolute Gasteiger partial charge is 0.257 e. The molecule has 2 aromatic carbocycles. The Morgan fingerprint density at radius 2 is 1.84 bits per heavy atom. The first-order valence-corrected chi connectivity index (χ1v) is 10.7. The van der Waals surface area contributed by atoms with Crippen molar-refractivity contribution in [2.75, 3.05) is 20.8 Å². The van der Waals surface area contributed by atoms with Gasteiger partial charge < -0.3 is 18.9 Å². The molecule has 3 aromatic rings. The summed E-state index contributed by atoms with van der Waals surface area (Å²) in [6.45, 7) is 5.98. The van der Waals surface area contributed by atoms with E-state index in [0.717, 1.165) is 16.3 Å². The number of benzene rings is 2. The second-order valence-electron chi connectivity index (χ2n) is 7.86. The molecule has 0 aliphatic carbocycles. The molecule has 0 unspecified atom stereocenters. The maximum Gasteiger partial charge on any atom is 0.257 e. The molecule has 3 rings (SSSR count). The van der Waals surface area contributed by atoms with Crippen molar-refractivity contribution in [1.82, 2.24) is 9.47 Å². The Labute approximate surface area is 189 Å². The van der Waals surface area contributed by atoms with Gasteiger partial charge in [0.25, 0.3) is 5.91 Å². The predicted molar refractivity (Wildman–Crippen MR) is 124 cm³/mol. The quantitative estimate of drug-likeness (QED) is 0.441. The summed E-state index contributed by atoms with van der Waals surface area (Å²) >= 11 is 6.35. The third-order valence-corrected chi connectivity index (χ3v) is 5.46. The molecule has 0 spiro atoms. The van der Waals surface area contributed by atoms with Gasteiger partial charge in [-0.1, -0.05) is 43.6 Å². The number of hydrogen-bond acceptors (Lipinski definition) is 3. The molecule has 0 N–H and O–H groups in total. The van der Waals surface area contributed by atoms with Crippen LogP contribution in [0.15, 0.2) is 60.8 Å². The van der Waals surface area contributed by atoms with Crippen molar-refractivity contribution >= 4 is 17.5 Å². The van der Waals surface area contributed by atoms with Crippen molar-refractivity contribution in [3.8, 4) is 11.5 Å². The summed E-state index contributed by atoms with van der Waals surface area (Å²) in [5, 5.41) is 0.736. The minimum Gasteiger partial charge on any atom is -0.497 e. The number of carbonyl (C=O) groups is 1. The molecule has 0 radical (unpaired) electrons. The van der Waals surface area contributed by atoms with Crippen molar-refractivity contribution < 1.29 is 14.3 Å². The zero-order valence-corrected chi connectivity index (χ0v) is 19.2. The molecule has 0 saturated carbocycles. The Morgan fingerprint density at radius 3 is 2.52 bits per heavy atom. The molecule has 5 nitrogen and oxygen atoms in total. The van der Waals surface area contributed by atoms with Gasteiger partial charge >= 0.3 is 0 Å². The molecule has 6 heteroatoms. The standard InChI is InChI=1S/C25H29ClN2O3/c1-18(2)15-28(25(29)22-12-11-21(30-3)14-24(22)31-4)17-20-9-7-13-27(20)16-19-8-5-6-10-23(19)26/h5-14,18H,15-17H2,1-4H3. The maximum atomic E-state index is 13.5. The highest BCUT2D eigenvalue weighted by Gasteiger charge is 2.22. The SMILES string of the molecule is COc1ccc(C(=O)N(Cc2cccn2Cc2ccccc2Cl)CC(C)C)c(OC)c1. The molecule has 0 fully saturated rings. The van der Waals surface area contributed by atoms with Crippen molar-refractivity contribution in [2.45, 2.75) is 26.9 Å². The normalized spacial score (nSPS) is 10.9. The predicted octanol–water partition coefficient (Wildman–Crippen LogP) is 5.51. The zero-order chi connectivity index (χ0) is 22.4. The van der Waals surface area contributed by atoms with E-state index in [-0.39, 0.29) is 5.91 Å². The van der Waals surface area contributed by atoms with Crippen molar-refractivity contribution in [3.63, 3.8) is 0 Å². The number of halogens is 1. The molecule has 1 amide bonds. The fraction of sp³-hybridized carbons (Fsp3) is 0.320. The first-order chi connectivity index (χ1) is 14.9. The van der Waals surface area contributed by atoms with Gasteiger partial charge in [-0.05, 0) is 41.8 Å². The van der Waals surface area contributed by atoms with Crippen LogP contribution in [0.25, 0.3) is 0 Å². The van der Waals surface area contributed by atoms with Crippen LogP contribution >= 0.6 is 11.6 Å². The minimum absolute atomic E-state index is 0.0707. The lowest BCUT2D eigenvalue weighted by Gasteiger charge is -2.26. The van der Waals surface area contributed by atoms with Crippen LogP contribution in [-0.4, -0.2) is 36.1 Å². The van der Waals surface area contributed by atoms with E-state index in [9.17, 15) is 4.79 Å². The van der Waals surface area contributed by atoms with Crippen LogP contribution in [-0.2, 0) is 13.1 Å². The van der Waals surface area contributed by atoms with Gasteiger partial charge in [0, 0.05) is 36.1 Å². The molecular formula is C25H29ClN2O3. The summed E-state index contributed by atoms with van der Waals surface area (Å²) in [7, 11) is 3.15. The number of methoxy groups -OCH3 is 2. The molecule has 1 aromatic heterocycles. The van der Waals surface area contributed by atoms with Crippen LogP contribution in [0.5, 0.6) is 11.5 Å². The lowest BCUT2D eigenvalue weighted by Crippen LogP contribution is -2.34. The number of amides is 1. The molecule has 164 valence electrons. The van der Waals surface area contributed by atoms with E-state index in [0.29, 0.717) is 42.6 Å². The molecule has 0 aliphatic heterocycles. The Bertz CT molecular complexity index is 1030. The molecule has 0 bridgehead atoms. The maximum absolute atomic E-state index is 13.5. The summed E-state index contributed by atoms with van der Waals surface area (Å²) in [5.41, 5.74) is 2.61. The highest BCUT2D eigenvalue weighted by Crippen LogP contribution is 2.27. The van der Waals surface area contributed by atoms with Crippen LogP contribution in [0.3, 0.4) is 0 Å². The van der Waals surface area contributed by atoms with Crippen molar-refractivity contribution in [2.24, 2.45) is 5.92 Å². The summed E-state index contributed by atoms with van der Waals surface area (Å²) in [6.07, 6.45) is 2.02. The fourth-order valence-electron chi connectivity index (χ4n) is 3.56. The van der Waals surface area contributed by atoms with E-state index in [4.69, 9.17) is 21.1 Å². The monoisotopic (exact) mass is 440 g/mol. The third kappa shape index (κ3) is 5.61. The average molecular weight is 441 g/mol. The number of rotatable bonds is 9. The Balaban J connectivity index is 1.87. The third-order valence-electron chi connectivity index (χ3n) is 5.09. The van der Waals surface area contributed by atoms with Gasteiger partial charge in [-0.25, -0.2) is 0 Å². The molecule has 0 aliphatic rings. The molecule has 1 heterocycles. The first-order valence-electron chi connectivity index (χ1n) is 10.3. The number of carbonyl (C=O) groups excluding carboxylic acids is 1. The number of ether oxygens (including phenoxy) is 2. The zero-order valence-electron chi connectivity index (χ0n) is 18.5. The second kappa shape index (κ2) is 10.4. The van der Waals surface area contributed by atoms with E-state index < -0.39 is 0 Å². The number of nitrogens with zero attached hydrogens (tertiary/aromatic N) is 2. The van der Waals surface area contributed by atoms with Gasteiger partial charge in [-0.3, -0.25) is 4.79 Å². The van der Waals surface area contributed by atoms with Crippen LogP contribution in [0, 0.1) is 5.92 Å². The molecular weight excluding hydrogens is 412 g/mol. The van der Waals surface area contributed by atoms with E-state index in [1.54, 1.807) is 32.4 Å². The Hall–Kier alpha value is -2.92. The number of hydrogen-bond donors (Lipinski definition) is 0. The van der Waals surface area contributed by atoms with Crippen LogP contribution < -0.4 is 9.47 Å². The van der Waals surface area contributed by atoms with Gasteiger partial charge in [0.1, 0.15) is 11.5 Å². The first kappa shape index (κ1) is 22.8. The summed E-state index contributed by atoms with van der Waals surface area (Å²) in [6, 6.07) is 17.1. The summed E-state index contributed by atoms with van der Waals surface area (Å²) in [4.78, 5) is 15.4. The lowest BCUT2D eigenvalue weighted by atomic mass is 10.1. The highest BCUT2D eigenvalue weighted by atomic mass is 35.5. The van der Waals surface area contributed by atoms with Gasteiger partial charge in [-0.2, -0.15) is 0 Å². The van der Waals surface area contributed by atoms with Crippen LogP contribution in [0.4, 0.5) is 0 Å². The minimum atomic E-state index is -0.0707. The summed E-state index contributed by atoms with van der Waals surface area (Å²) in [5.74, 6) is 1.40. The van der Waals surface area contributed by atoms with Gasteiger partial charge in [0.05, 0.1) is 26.3 Å². The molecule has 31 heavy (non-hydrogen) atoms. The highest BCUT2D eigenvalue weighted by molar-refractivity contribution is 6.31. The fourth-order valence-corrected chi connectivity index (χ4v) is 3.75. The van der Waals surface area contributed by atoms with Crippen molar-refractivity contribution in [1.29, 1.82) is 0 Å². The van der Waals surface area contributed by atoms with E-state index in [1.165, 1.54) is 0 Å². The van der Waals surface area contributed by atoms with Crippen LogP contribution in [0.2, 0.25) is 5.02 Å². The topological polar surface area (TPSA) is 43.7 Å². The second-order valence-corrected chi connectivity index (χ2v) is 8.27. The van der Waals surface area contributed by atoms with Crippen molar-refractivity contribution in [3.05, 3.63) is 82.6 Å².